The van der Waals surface area contributed by atoms with Crippen molar-refractivity contribution in [3.05, 3.63) is 0 Å². The molecule has 1 aliphatic heterocycles. The normalized spacial score (nSPS) is 29.2. The van der Waals surface area contributed by atoms with Gasteiger partial charge in [-0.25, -0.2) is 0 Å². The average Bonchev–Trinajstić information content (AvgIpc) is 2.68. The Kier molecular flexibility index (Phi) is 1.96. The molecule has 0 aromatic rings. The molecule has 2 fully saturated rings. The van der Waals surface area contributed by atoms with Gasteiger partial charge < -0.3 is 0 Å². The summed E-state index contributed by atoms with van der Waals surface area (Å²) < 4.78 is 0. The van der Waals surface area contributed by atoms with Gasteiger partial charge in [-0.2, -0.15) is 12.6 Å². The number of thiol groups is 1. The largest absolute Gasteiger partial charge is 0.290 e. The molecule has 2 rings (SSSR count). The molecular weight excluding hydrogens is 166 g/mol. The molecule has 0 N–H and O–H groups in total. The Labute approximate surface area is 80.9 Å². The van der Waals surface area contributed by atoms with E-state index in [-0.39, 0.29) is 4.87 Å². The highest BCUT2D eigenvalue weighted by molar-refractivity contribution is 7.81. The third-order valence-corrected chi connectivity index (χ3v) is 3.84. The topological polar surface area (TPSA) is 3.24 Å². The van der Waals surface area contributed by atoms with Crippen LogP contribution in [0.5, 0.6) is 0 Å². The van der Waals surface area contributed by atoms with Crippen LogP contribution in [0.1, 0.15) is 39.5 Å². The van der Waals surface area contributed by atoms with Crippen LogP contribution < -0.4 is 0 Å². The van der Waals surface area contributed by atoms with E-state index in [1.165, 1.54) is 38.8 Å². The third kappa shape index (κ3) is 1.64. The highest BCUT2D eigenvalue weighted by Gasteiger charge is 2.45. The fourth-order valence-electron chi connectivity index (χ4n) is 2.21. The molecule has 1 spiro atoms. The summed E-state index contributed by atoms with van der Waals surface area (Å²) in [5, 5.41) is 0. The summed E-state index contributed by atoms with van der Waals surface area (Å²) >= 11 is 4.60. The predicted molar refractivity (Wildman–Crippen MR) is 55.5 cm³/mol. The first-order valence-corrected chi connectivity index (χ1v) is 5.44. The standard InChI is InChI=1S/C10H19NS/c1-9(2,12)11-7-5-10(3-4-10)6-8-11/h12H,3-8H2,1-2H3. The first kappa shape index (κ1) is 8.89. The van der Waals surface area contributed by atoms with E-state index in [0.717, 1.165) is 5.41 Å². The van der Waals surface area contributed by atoms with Crippen LogP contribution in [0.4, 0.5) is 0 Å². The van der Waals surface area contributed by atoms with E-state index in [4.69, 9.17) is 0 Å². The van der Waals surface area contributed by atoms with Gasteiger partial charge in [0.2, 0.25) is 0 Å². The van der Waals surface area contributed by atoms with Gasteiger partial charge in [-0.05, 0) is 58.0 Å². The lowest BCUT2D eigenvalue weighted by atomic mass is 9.93. The quantitative estimate of drug-likeness (QED) is 0.614. The molecule has 0 aromatic heterocycles. The van der Waals surface area contributed by atoms with Gasteiger partial charge in [-0.15, -0.1) is 0 Å². The van der Waals surface area contributed by atoms with Crippen LogP contribution in [-0.2, 0) is 0 Å². The van der Waals surface area contributed by atoms with Crippen molar-refractivity contribution in [3.63, 3.8) is 0 Å². The van der Waals surface area contributed by atoms with Crippen molar-refractivity contribution in [1.82, 2.24) is 4.90 Å². The van der Waals surface area contributed by atoms with Crippen LogP contribution in [0.3, 0.4) is 0 Å². The second-order valence-electron chi connectivity index (χ2n) is 4.98. The zero-order valence-electron chi connectivity index (χ0n) is 8.14. The first-order valence-electron chi connectivity index (χ1n) is 4.99. The van der Waals surface area contributed by atoms with Crippen LogP contribution >= 0.6 is 12.6 Å². The zero-order valence-corrected chi connectivity index (χ0v) is 9.03. The maximum Gasteiger partial charge on any atom is 0.0583 e. The van der Waals surface area contributed by atoms with Crippen molar-refractivity contribution in [2.24, 2.45) is 5.41 Å². The smallest absolute Gasteiger partial charge is 0.0583 e. The molecule has 1 saturated carbocycles. The fourth-order valence-corrected chi connectivity index (χ4v) is 2.41. The number of piperidine rings is 1. The van der Waals surface area contributed by atoms with Gasteiger partial charge in [0.1, 0.15) is 0 Å². The Morgan fingerprint density at radius 1 is 1.08 bits per heavy atom. The first-order chi connectivity index (χ1) is 5.52. The maximum atomic E-state index is 4.60. The Morgan fingerprint density at radius 3 is 1.92 bits per heavy atom. The Hall–Kier alpha value is 0.310. The Bertz CT molecular complexity index is 169. The molecule has 0 amide bonds. The lowest BCUT2D eigenvalue weighted by Crippen LogP contribution is -2.45. The monoisotopic (exact) mass is 185 g/mol. The molecular formula is C10H19NS. The van der Waals surface area contributed by atoms with Gasteiger partial charge in [-0.3, -0.25) is 4.90 Å². The molecule has 2 heteroatoms. The molecule has 2 aliphatic rings. The maximum absolute atomic E-state index is 4.60. The third-order valence-electron chi connectivity index (χ3n) is 3.56. The number of likely N-dealkylation sites (tertiary alicyclic amines) is 1. The van der Waals surface area contributed by atoms with Crippen LogP contribution in [-0.4, -0.2) is 22.9 Å². The highest BCUT2D eigenvalue weighted by Crippen LogP contribution is 2.54. The molecule has 1 aliphatic carbocycles. The summed E-state index contributed by atoms with van der Waals surface area (Å²) in [4.78, 5) is 2.59. The average molecular weight is 185 g/mol. The summed E-state index contributed by atoms with van der Waals surface area (Å²) in [5.74, 6) is 0. The van der Waals surface area contributed by atoms with Crippen molar-refractivity contribution in [1.29, 1.82) is 0 Å². The van der Waals surface area contributed by atoms with Crippen molar-refractivity contribution in [2.45, 2.75) is 44.4 Å². The molecule has 0 radical (unpaired) electrons. The predicted octanol–water partition coefficient (Wildman–Crippen LogP) is 2.53. The second-order valence-corrected chi connectivity index (χ2v) is 6.08. The zero-order chi connectivity index (χ0) is 8.82. The van der Waals surface area contributed by atoms with Gasteiger partial charge in [0, 0.05) is 0 Å². The van der Waals surface area contributed by atoms with E-state index in [0.29, 0.717) is 0 Å². The molecule has 1 heterocycles. The van der Waals surface area contributed by atoms with Crippen LogP contribution in [0.15, 0.2) is 0 Å². The lowest BCUT2D eigenvalue weighted by molar-refractivity contribution is 0.123. The van der Waals surface area contributed by atoms with E-state index < -0.39 is 0 Å². The van der Waals surface area contributed by atoms with Gasteiger partial charge in [0.15, 0.2) is 0 Å². The minimum atomic E-state index is 0.0938. The number of hydrogen-bond acceptors (Lipinski definition) is 2. The lowest BCUT2D eigenvalue weighted by Gasteiger charge is -2.40. The summed E-state index contributed by atoms with van der Waals surface area (Å²) in [6.45, 7) is 6.91. The fraction of sp³-hybridized carbons (Fsp3) is 1.00. The van der Waals surface area contributed by atoms with E-state index >= 15 is 0 Å². The van der Waals surface area contributed by atoms with Gasteiger partial charge >= 0.3 is 0 Å². The van der Waals surface area contributed by atoms with Crippen LogP contribution in [0.25, 0.3) is 0 Å². The number of nitrogens with zero attached hydrogens (tertiary/aromatic N) is 1. The van der Waals surface area contributed by atoms with Crippen LogP contribution in [0.2, 0.25) is 0 Å². The summed E-state index contributed by atoms with van der Waals surface area (Å²) in [6.07, 6.45) is 5.82. The summed E-state index contributed by atoms with van der Waals surface area (Å²) in [7, 11) is 0. The molecule has 1 saturated heterocycles. The van der Waals surface area contributed by atoms with E-state index in [2.05, 4.69) is 31.4 Å². The van der Waals surface area contributed by atoms with E-state index in [1.54, 1.807) is 0 Å². The van der Waals surface area contributed by atoms with E-state index in [1.807, 2.05) is 0 Å². The van der Waals surface area contributed by atoms with Crippen LogP contribution in [0, 0.1) is 5.41 Å². The Balaban J connectivity index is 1.90. The highest BCUT2D eigenvalue weighted by atomic mass is 32.1. The number of rotatable bonds is 1. The molecule has 0 bridgehead atoms. The molecule has 1 nitrogen and oxygen atoms in total. The SMILES string of the molecule is CC(C)(S)N1CCC2(CC1)CC2. The second kappa shape index (κ2) is 2.65. The van der Waals surface area contributed by atoms with Crippen molar-refractivity contribution in [3.8, 4) is 0 Å². The molecule has 0 atom stereocenters. The summed E-state index contributed by atoms with van der Waals surface area (Å²) in [5.41, 5.74) is 0.801. The van der Waals surface area contributed by atoms with Crippen molar-refractivity contribution >= 4 is 12.6 Å². The molecule has 0 unspecified atom stereocenters. The number of hydrogen-bond donors (Lipinski definition) is 1. The molecule has 70 valence electrons. The van der Waals surface area contributed by atoms with Gasteiger partial charge in [0.25, 0.3) is 0 Å². The molecule has 0 aromatic carbocycles. The van der Waals surface area contributed by atoms with Crippen molar-refractivity contribution in [2.75, 3.05) is 13.1 Å². The minimum absolute atomic E-state index is 0.0938. The minimum Gasteiger partial charge on any atom is -0.290 e. The summed E-state index contributed by atoms with van der Waals surface area (Å²) in [6, 6.07) is 0. The van der Waals surface area contributed by atoms with Crippen molar-refractivity contribution < 1.29 is 0 Å². The Morgan fingerprint density at radius 2 is 1.58 bits per heavy atom. The van der Waals surface area contributed by atoms with E-state index in [9.17, 15) is 0 Å². The molecule has 12 heavy (non-hydrogen) atoms. The van der Waals surface area contributed by atoms with Gasteiger partial charge in [-0.1, -0.05) is 0 Å². The van der Waals surface area contributed by atoms with Gasteiger partial charge in [0.05, 0.1) is 4.87 Å².